The molecule has 1 rings (SSSR count). The second kappa shape index (κ2) is 4.49. The van der Waals surface area contributed by atoms with Crippen LogP contribution in [0.15, 0.2) is 12.7 Å². The summed E-state index contributed by atoms with van der Waals surface area (Å²) in [5.41, 5.74) is 5.46. The molecule has 0 spiro atoms. The zero-order chi connectivity index (χ0) is 8.10. The molecule has 1 heterocycles. The predicted octanol–water partition coefficient (Wildman–Crippen LogP) is -0.595. The van der Waals surface area contributed by atoms with Crippen molar-refractivity contribution in [1.82, 2.24) is 10.2 Å². The zero-order valence-electron chi connectivity index (χ0n) is 6.92. The van der Waals surface area contributed by atoms with Gasteiger partial charge in [-0.15, -0.1) is 6.58 Å². The Morgan fingerprint density at radius 1 is 1.73 bits per heavy atom. The molecule has 3 nitrogen and oxygen atoms in total. The van der Waals surface area contributed by atoms with Gasteiger partial charge in [0.15, 0.2) is 0 Å². The molecule has 0 bridgehead atoms. The summed E-state index contributed by atoms with van der Waals surface area (Å²) >= 11 is 0. The van der Waals surface area contributed by atoms with E-state index in [9.17, 15) is 0 Å². The molecular weight excluding hydrogens is 138 g/mol. The van der Waals surface area contributed by atoms with E-state index in [0.717, 1.165) is 32.7 Å². The summed E-state index contributed by atoms with van der Waals surface area (Å²) in [7, 11) is 0. The van der Waals surface area contributed by atoms with Crippen molar-refractivity contribution in [2.75, 3.05) is 32.7 Å². The number of rotatable bonds is 3. The Labute approximate surface area is 68.2 Å². The molecule has 1 aliphatic heterocycles. The molecule has 3 heteroatoms. The Bertz CT molecular complexity index is 123. The van der Waals surface area contributed by atoms with Gasteiger partial charge in [-0.25, -0.2) is 0 Å². The maximum atomic E-state index is 5.46. The summed E-state index contributed by atoms with van der Waals surface area (Å²) in [4.78, 5) is 2.36. The Balaban J connectivity index is 2.27. The van der Waals surface area contributed by atoms with Crippen LogP contribution < -0.4 is 11.1 Å². The molecule has 11 heavy (non-hydrogen) atoms. The highest BCUT2D eigenvalue weighted by atomic mass is 15.2. The van der Waals surface area contributed by atoms with Crippen molar-refractivity contribution in [1.29, 1.82) is 0 Å². The van der Waals surface area contributed by atoms with Gasteiger partial charge in [-0.1, -0.05) is 6.08 Å². The molecule has 0 aliphatic carbocycles. The topological polar surface area (TPSA) is 41.3 Å². The van der Waals surface area contributed by atoms with Gasteiger partial charge in [0.2, 0.25) is 0 Å². The molecule has 0 amide bonds. The summed E-state index contributed by atoms with van der Waals surface area (Å²) in [5.74, 6) is 0. The van der Waals surface area contributed by atoms with Crippen molar-refractivity contribution in [2.45, 2.75) is 6.04 Å². The fraction of sp³-hybridized carbons (Fsp3) is 0.750. The molecular formula is C8H17N3. The molecule has 64 valence electrons. The lowest BCUT2D eigenvalue weighted by Crippen LogP contribution is -2.50. The summed E-state index contributed by atoms with van der Waals surface area (Å²) in [6.07, 6.45) is 1.96. The van der Waals surface area contributed by atoms with E-state index in [0.29, 0.717) is 6.04 Å². The number of nitrogens with zero attached hydrogens (tertiary/aromatic N) is 1. The third-order valence-corrected chi connectivity index (χ3v) is 2.02. The molecule has 0 saturated carbocycles. The molecule has 1 saturated heterocycles. The number of nitrogens with two attached hydrogens (primary N) is 1. The Kier molecular flexibility index (Phi) is 3.56. The lowest BCUT2D eigenvalue weighted by atomic mass is 10.2. The molecule has 1 unspecified atom stereocenters. The average molecular weight is 155 g/mol. The van der Waals surface area contributed by atoms with Crippen LogP contribution in [0.2, 0.25) is 0 Å². The Morgan fingerprint density at radius 2 is 2.55 bits per heavy atom. The van der Waals surface area contributed by atoms with Crippen molar-refractivity contribution in [3.05, 3.63) is 12.7 Å². The molecule has 1 aliphatic rings. The molecule has 0 aromatic carbocycles. The standard InChI is InChI=1S/C8H17N3/c1-2-8-7-11(5-3-9)6-4-10-8/h2,8,10H,1,3-7,9H2. The first-order chi connectivity index (χ1) is 5.36. The third kappa shape index (κ3) is 2.61. The van der Waals surface area contributed by atoms with Crippen LogP contribution in [0, 0.1) is 0 Å². The molecule has 0 radical (unpaired) electrons. The monoisotopic (exact) mass is 155 g/mol. The summed E-state index contributed by atoms with van der Waals surface area (Å²) in [5, 5.41) is 3.36. The molecule has 3 N–H and O–H groups in total. The minimum Gasteiger partial charge on any atom is -0.329 e. The number of piperazine rings is 1. The van der Waals surface area contributed by atoms with Gasteiger partial charge >= 0.3 is 0 Å². The first kappa shape index (κ1) is 8.71. The van der Waals surface area contributed by atoms with E-state index < -0.39 is 0 Å². The van der Waals surface area contributed by atoms with Crippen LogP contribution in [-0.2, 0) is 0 Å². The Morgan fingerprint density at radius 3 is 3.18 bits per heavy atom. The van der Waals surface area contributed by atoms with E-state index in [1.807, 2.05) is 6.08 Å². The van der Waals surface area contributed by atoms with Crippen molar-refractivity contribution in [3.8, 4) is 0 Å². The van der Waals surface area contributed by atoms with Gasteiger partial charge in [-0.2, -0.15) is 0 Å². The smallest absolute Gasteiger partial charge is 0.0376 e. The second-order valence-electron chi connectivity index (χ2n) is 2.89. The lowest BCUT2D eigenvalue weighted by Gasteiger charge is -2.31. The van der Waals surface area contributed by atoms with Gasteiger partial charge < -0.3 is 11.1 Å². The minimum atomic E-state index is 0.454. The molecule has 1 fully saturated rings. The maximum absolute atomic E-state index is 5.46. The van der Waals surface area contributed by atoms with Crippen LogP contribution in [0.3, 0.4) is 0 Å². The van der Waals surface area contributed by atoms with Gasteiger partial charge in [0, 0.05) is 38.8 Å². The van der Waals surface area contributed by atoms with Crippen LogP contribution >= 0.6 is 0 Å². The number of hydrogen-bond acceptors (Lipinski definition) is 3. The average Bonchev–Trinajstić information content (AvgIpc) is 2.06. The molecule has 0 aromatic heterocycles. The van der Waals surface area contributed by atoms with E-state index in [-0.39, 0.29) is 0 Å². The summed E-state index contributed by atoms with van der Waals surface area (Å²) < 4.78 is 0. The Hall–Kier alpha value is -0.380. The highest BCUT2D eigenvalue weighted by Gasteiger charge is 2.14. The van der Waals surface area contributed by atoms with Crippen molar-refractivity contribution < 1.29 is 0 Å². The van der Waals surface area contributed by atoms with Crippen LogP contribution in [0.1, 0.15) is 0 Å². The van der Waals surface area contributed by atoms with Crippen LogP contribution in [-0.4, -0.2) is 43.7 Å². The van der Waals surface area contributed by atoms with E-state index in [4.69, 9.17) is 5.73 Å². The van der Waals surface area contributed by atoms with E-state index in [1.54, 1.807) is 0 Å². The predicted molar refractivity (Wildman–Crippen MR) is 47.5 cm³/mol. The van der Waals surface area contributed by atoms with Gasteiger partial charge in [0.25, 0.3) is 0 Å². The van der Waals surface area contributed by atoms with Crippen LogP contribution in [0.25, 0.3) is 0 Å². The minimum absolute atomic E-state index is 0.454. The molecule has 1 atom stereocenters. The SMILES string of the molecule is C=CC1CN(CCN)CCN1. The second-order valence-corrected chi connectivity index (χ2v) is 2.89. The van der Waals surface area contributed by atoms with Gasteiger partial charge in [-0.3, -0.25) is 4.90 Å². The van der Waals surface area contributed by atoms with Gasteiger partial charge in [0.05, 0.1) is 0 Å². The van der Waals surface area contributed by atoms with Crippen LogP contribution in [0.5, 0.6) is 0 Å². The van der Waals surface area contributed by atoms with E-state index in [2.05, 4.69) is 16.8 Å². The first-order valence-electron chi connectivity index (χ1n) is 4.15. The summed E-state index contributed by atoms with van der Waals surface area (Å²) in [6.45, 7) is 8.74. The van der Waals surface area contributed by atoms with Crippen LogP contribution in [0.4, 0.5) is 0 Å². The van der Waals surface area contributed by atoms with Gasteiger partial charge in [0.1, 0.15) is 0 Å². The lowest BCUT2D eigenvalue weighted by molar-refractivity contribution is 0.223. The third-order valence-electron chi connectivity index (χ3n) is 2.02. The van der Waals surface area contributed by atoms with Crippen molar-refractivity contribution >= 4 is 0 Å². The highest BCUT2D eigenvalue weighted by Crippen LogP contribution is 1.97. The highest BCUT2D eigenvalue weighted by molar-refractivity contribution is 4.91. The fourth-order valence-corrected chi connectivity index (χ4v) is 1.39. The first-order valence-corrected chi connectivity index (χ1v) is 4.15. The van der Waals surface area contributed by atoms with E-state index in [1.165, 1.54) is 0 Å². The van der Waals surface area contributed by atoms with Crippen molar-refractivity contribution in [2.24, 2.45) is 5.73 Å². The largest absolute Gasteiger partial charge is 0.329 e. The fourth-order valence-electron chi connectivity index (χ4n) is 1.39. The summed E-state index contributed by atoms with van der Waals surface area (Å²) in [6, 6.07) is 0.454. The molecule has 0 aromatic rings. The normalized spacial score (nSPS) is 26.8. The maximum Gasteiger partial charge on any atom is 0.0376 e. The quantitative estimate of drug-likeness (QED) is 0.535. The van der Waals surface area contributed by atoms with Crippen molar-refractivity contribution in [3.63, 3.8) is 0 Å². The number of nitrogens with one attached hydrogen (secondary N) is 1. The number of hydrogen-bond donors (Lipinski definition) is 2. The van der Waals surface area contributed by atoms with Gasteiger partial charge in [-0.05, 0) is 0 Å². The zero-order valence-corrected chi connectivity index (χ0v) is 6.92. The van der Waals surface area contributed by atoms with E-state index >= 15 is 0 Å².